The third-order valence-electron chi connectivity index (χ3n) is 3.06. The van der Waals surface area contributed by atoms with Crippen molar-refractivity contribution < 1.29 is 17.7 Å². The molecule has 0 aromatic heterocycles. The van der Waals surface area contributed by atoms with Crippen molar-refractivity contribution in [3.8, 4) is 0 Å². The van der Waals surface area contributed by atoms with E-state index >= 15 is 0 Å². The summed E-state index contributed by atoms with van der Waals surface area (Å²) < 4.78 is 35.5. The van der Waals surface area contributed by atoms with Crippen molar-refractivity contribution in [1.82, 2.24) is 0 Å². The average molecular weight is 288 g/mol. The van der Waals surface area contributed by atoms with Gasteiger partial charge < -0.3 is 5.32 Å². The molecule has 0 bridgehead atoms. The predicted octanol–water partition coefficient (Wildman–Crippen LogP) is 1.58. The van der Waals surface area contributed by atoms with Crippen molar-refractivity contribution in [2.24, 2.45) is 5.92 Å². The summed E-state index contributed by atoms with van der Waals surface area (Å²) >= 11 is 0. The topological polar surface area (TPSA) is 89.3 Å². The van der Waals surface area contributed by atoms with Crippen LogP contribution in [-0.2, 0) is 9.84 Å². The van der Waals surface area contributed by atoms with E-state index < -0.39 is 20.6 Å². The first kappa shape index (κ1) is 13.7. The number of rotatable bonds is 4. The molecule has 1 N–H and O–H groups in total. The highest BCUT2D eigenvalue weighted by Crippen LogP contribution is 2.26. The van der Waals surface area contributed by atoms with Gasteiger partial charge >= 0.3 is 0 Å². The second kappa shape index (κ2) is 5.12. The van der Waals surface area contributed by atoms with Crippen LogP contribution in [0.15, 0.2) is 18.2 Å². The molecule has 19 heavy (non-hydrogen) atoms. The summed E-state index contributed by atoms with van der Waals surface area (Å²) in [6.07, 6.45) is 0.546. The van der Waals surface area contributed by atoms with Gasteiger partial charge in [-0.25, -0.2) is 12.8 Å². The standard InChI is InChI=1S/C11H13FN2O4S/c12-9-1-2-10(11(5-9)14(15)16)13-6-8-3-4-19(17,18)7-8/h1-2,5,8,13H,3-4,6-7H2. The van der Waals surface area contributed by atoms with Crippen LogP contribution in [0, 0.1) is 21.8 Å². The zero-order chi connectivity index (χ0) is 14.0. The molecule has 1 fully saturated rings. The van der Waals surface area contributed by atoms with Gasteiger partial charge in [-0.15, -0.1) is 0 Å². The molecule has 0 spiro atoms. The van der Waals surface area contributed by atoms with Gasteiger partial charge in [0, 0.05) is 6.54 Å². The fraction of sp³-hybridized carbons (Fsp3) is 0.455. The SMILES string of the molecule is O=[N+]([O-])c1cc(F)ccc1NCC1CCS(=O)(=O)C1. The zero-order valence-corrected chi connectivity index (χ0v) is 10.8. The number of nitro groups is 1. The molecule has 6 nitrogen and oxygen atoms in total. The van der Waals surface area contributed by atoms with Crippen LogP contribution >= 0.6 is 0 Å². The van der Waals surface area contributed by atoms with Gasteiger partial charge in [0.25, 0.3) is 5.69 Å². The first-order valence-corrected chi connectivity index (χ1v) is 7.58. The maximum absolute atomic E-state index is 12.9. The van der Waals surface area contributed by atoms with Crippen LogP contribution in [0.1, 0.15) is 6.42 Å². The molecule has 1 aliphatic heterocycles. The fourth-order valence-corrected chi connectivity index (χ4v) is 3.95. The van der Waals surface area contributed by atoms with E-state index in [4.69, 9.17) is 0 Å². The quantitative estimate of drug-likeness (QED) is 0.671. The maximum Gasteiger partial charge on any atom is 0.295 e. The Labute approximate surface area is 109 Å². The van der Waals surface area contributed by atoms with E-state index in [9.17, 15) is 22.9 Å². The molecule has 1 unspecified atom stereocenters. The minimum absolute atomic E-state index is 0.0605. The summed E-state index contributed by atoms with van der Waals surface area (Å²) in [5.41, 5.74) is -0.142. The van der Waals surface area contributed by atoms with Crippen LogP contribution in [-0.4, -0.2) is 31.4 Å². The highest BCUT2D eigenvalue weighted by molar-refractivity contribution is 7.91. The lowest BCUT2D eigenvalue weighted by Gasteiger charge is -2.11. The minimum atomic E-state index is -2.97. The Kier molecular flexibility index (Phi) is 3.70. The lowest BCUT2D eigenvalue weighted by atomic mass is 10.1. The highest BCUT2D eigenvalue weighted by Gasteiger charge is 2.28. The molecule has 1 aliphatic rings. The molecule has 0 saturated carbocycles. The Balaban J connectivity index is 2.06. The summed E-state index contributed by atoms with van der Waals surface area (Å²) in [5, 5.41) is 13.6. The Morgan fingerprint density at radius 1 is 1.47 bits per heavy atom. The van der Waals surface area contributed by atoms with E-state index in [0.717, 1.165) is 12.1 Å². The van der Waals surface area contributed by atoms with Crippen molar-refractivity contribution in [2.75, 3.05) is 23.4 Å². The second-order valence-corrected chi connectivity index (χ2v) is 6.80. The summed E-state index contributed by atoms with van der Waals surface area (Å²) in [6.45, 7) is 0.325. The number of nitro benzene ring substituents is 1. The summed E-state index contributed by atoms with van der Waals surface area (Å²) in [4.78, 5) is 10.1. The predicted molar refractivity (Wildman–Crippen MR) is 68.3 cm³/mol. The smallest absolute Gasteiger partial charge is 0.295 e. The number of benzene rings is 1. The van der Waals surface area contributed by atoms with E-state index in [2.05, 4.69) is 5.32 Å². The number of nitrogens with zero attached hydrogens (tertiary/aromatic N) is 1. The Morgan fingerprint density at radius 2 is 2.21 bits per heavy atom. The number of nitrogens with one attached hydrogen (secondary N) is 1. The van der Waals surface area contributed by atoms with Crippen LogP contribution in [0.25, 0.3) is 0 Å². The maximum atomic E-state index is 12.9. The van der Waals surface area contributed by atoms with Crippen LogP contribution in [0.5, 0.6) is 0 Å². The number of hydrogen-bond acceptors (Lipinski definition) is 5. The van der Waals surface area contributed by atoms with Crippen LogP contribution in [0.3, 0.4) is 0 Å². The van der Waals surface area contributed by atoms with E-state index in [1.165, 1.54) is 6.07 Å². The molecule has 1 heterocycles. The Hall–Kier alpha value is -1.70. The summed E-state index contributed by atoms with van der Waals surface area (Å²) in [7, 11) is -2.97. The first-order valence-electron chi connectivity index (χ1n) is 5.75. The van der Waals surface area contributed by atoms with Gasteiger partial charge in [-0.05, 0) is 24.5 Å². The van der Waals surface area contributed by atoms with Gasteiger partial charge in [0.05, 0.1) is 22.5 Å². The molecule has 1 aromatic rings. The van der Waals surface area contributed by atoms with E-state index in [-0.39, 0.29) is 28.8 Å². The summed E-state index contributed by atoms with van der Waals surface area (Å²) in [5.74, 6) is -0.491. The summed E-state index contributed by atoms with van der Waals surface area (Å²) in [6, 6.07) is 3.26. The number of halogens is 1. The van der Waals surface area contributed by atoms with Crippen molar-refractivity contribution in [1.29, 1.82) is 0 Å². The molecule has 8 heteroatoms. The average Bonchev–Trinajstić information content (AvgIpc) is 2.67. The number of hydrogen-bond donors (Lipinski definition) is 1. The molecule has 1 aromatic carbocycles. The van der Waals surface area contributed by atoms with Gasteiger partial charge in [0.15, 0.2) is 9.84 Å². The van der Waals surface area contributed by atoms with Crippen molar-refractivity contribution in [3.05, 3.63) is 34.1 Å². The van der Waals surface area contributed by atoms with Crippen molar-refractivity contribution in [2.45, 2.75) is 6.42 Å². The van der Waals surface area contributed by atoms with Gasteiger partial charge in [0.2, 0.25) is 0 Å². The molecule has 1 atom stereocenters. The Bertz CT molecular complexity index is 603. The van der Waals surface area contributed by atoms with Crippen LogP contribution < -0.4 is 5.32 Å². The molecular weight excluding hydrogens is 275 g/mol. The molecule has 0 aliphatic carbocycles. The van der Waals surface area contributed by atoms with Gasteiger partial charge in [-0.2, -0.15) is 0 Å². The lowest BCUT2D eigenvalue weighted by molar-refractivity contribution is -0.384. The monoisotopic (exact) mass is 288 g/mol. The second-order valence-electron chi connectivity index (χ2n) is 4.57. The van der Waals surface area contributed by atoms with Crippen LogP contribution in [0.2, 0.25) is 0 Å². The molecular formula is C11H13FN2O4S. The van der Waals surface area contributed by atoms with Crippen LogP contribution in [0.4, 0.5) is 15.8 Å². The first-order chi connectivity index (χ1) is 8.87. The zero-order valence-electron chi connectivity index (χ0n) is 10.0. The third-order valence-corrected chi connectivity index (χ3v) is 4.90. The lowest BCUT2D eigenvalue weighted by Crippen LogP contribution is -2.16. The van der Waals surface area contributed by atoms with E-state index in [0.29, 0.717) is 13.0 Å². The van der Waals surface area contributed by atoms with E-state index in [1.807, 2.05) is 0 Å². The molecule has 1 saturated heterocycles. The molecule has 0 radical (unpaired) electrons. The third kappa shape index (κ3) is 3.40. The van der Waals surface area contributed by atoms with Crippen molar-refractivity contribution in [3.63, 3.8) is 0 Å². The molecule has 2 rings (SSSR count). The largest absolute Gasteiger partial charge is 0.379 e. The number of anilines is 1. The van der Waals surface area contributed by atoms with E-state index in [1.54, 1.807) is 0 Å². The van der Waals surface area contributed by atoms with Gasteiger partial charge in [0.1, 0.15) is 11.5 Å². The van der Waals surface area contributed by atoms with Gasteiger partial charge in [-0.3, -0.25) is 10.1 Å². The minimum Gasteiger partial charge on any atom is -0.379 e. The fourth-order valence-electron chi connectivity index (χ4n) is 2.09. The molecule has 104 valence electrons. The normalized spacial score (nSPS) is 21.2. The van der Waals surface area contributed by atoms with Gasteiger partial charge in [-0.1, -0.05) is 0 Å². The van der Waals surface area contributed by atoms with Crippen molar-refractivity contribution >= 4 is 21.2 Å². The highest BCUT2D eigenvalue weighted by atomic mass is 32.2. The molecule has 0 amide bonds. The Morgan fingerprint density at radius 3 is 2.79 bits per heavy atom. The number of sulfone groups is 1.